The molecule has 0 spiro atoms. The average Bonchev–Trinajstić information content (AvgIpc) is 2.71. The lowest BCUT2D eigenvalue weighted by molar-refractivity contribution is 0.467. The van der Waals surface area contributed by atoms with Crippen LogP contribution in [0.1, 0.15) is 30.5 Å². The lowest BCUT2D eigenvalue weighted by Crippen LogP contribution is -2.30. The number of para-hydroxylation sites is 1. The lowest BCUT2D eigenvalue weighted by Gasteiger charge is -2.20. The fourth-order valence-electron chi connectivity index (χ4n) is 3.11. The fourth-order valence-corrected chi connectivity index (χ4v) is 3.11. The van der Waals surface area contributed by atoms with E-state index in [1.165, 1.54) is 41.4 Å². The second-order valence-corrected chi connectivity index (χ2v) is 5.51. The molecule has 0 bridgehead atoms. The highest BCUT2D eigenvalue weighted by molar-refractivity contribution is 5.85. The minimum atomic E-state index is 0.641. The molecule has 100 valence electrons. The van der Waals surface area contributed by atoms with E-state index in [1.54, 1.807) is 0 Å². The molecule has 1 aliphatic carbocycles. The molecule has 1 N–H and O–H groups in total. The molecule has 1 aliphatic rings. The van der Waals surface area contributed by atoms with Crippen molar-refractivity contribution in [2.24, 2.45) is 7.05 Å². The van der Waals surface area contributed by atoms with Crippen LogP contribution in [0, 0.1) is 6.92 Å². The van der Waals surface area contributed by atoms with Crippen molar-refractivity contribution in [3.8, 4) is 0 Å². The summed E-state index contributed by atoms with van der Waals surface area (Å²) >= 11 is 0. The predicted molar refractivity (Wildman–Crippen MR) is 81.3 cm³/mol. The van der Waals surface area contributed by atoms with Crippen LogP contribution >= 0.6 is 0 Å². The van der Waals surface area contributed by atoms with Gasteiger partial charge in [-0.25, -0.2) is 0 Å². The summed E-state index contributed by atoms with van der Waals surface area (Å²) in [5, 5.41) is 5.09. The summed E-state index contributed by atoms with van der Waals surface area (Å²) in [6.45, 7) is 3.20. The molecule has 1 atom stereocenters. The number of allylic oxidation sites excluding steroid dienone is 1. The molecule has 19 heavy (non-hydrogen) atoms. The minimum absolute atomic E-state index is 0.641. The number of aryl methyl sites for hydroxylation is 2. The van der Waals surface area contributed by atoms with Crippen LogP contribution in [-0.2, 0) is 13.6 Å². The van der Waals surface area contributed by atoms with Gasteiger partial charge >= 0.3 is 0 Å². The normalized spacial score (nSPS) is 19.2. The van der Waals surface area contributed by atoms with E-state index in [0.717, 1.165) is 6.54 Å². The van der Waals surface area contributed by atoms with Crippen LogP contribution in [0.2, 0.25) is 0 Å². The van der Waals surface area contributed by atoms with Gasteiger partial charge in [0.1, 0.15) is 0 Å². The van der Waals surface area contributed by atoms with E-state index >= 15 is 0 Å². The highest BCUT2D eigenvalue weighted by atomic mass is 15.0. The molecular weight excluding hydrogens is 232 g/mol. The van der Waals surface area contributed by atoms with E-state index in [0.29, 0.717) is 6.04 Å². The molecule has 1 aromatic carbocycles. The zero-order valence-corrected chi connectivity index (χ0v) is 11.8. The van der Waals surface area contributed by atoms with Crippen LogP contribution in [0.15, 0.2) is 36.4 Å². The first-order chi connectivity index (χ1) is 9.27. The van der Waals surface area contributed by atoms with Gasteiger partial charge in [-0.1, -0.05) is 30.4 Å². The molecule has 0 fully saturated rings. The first-order valence-corrected chi connectivity index (χ1v) is 7.18. The first kappa shape index (κ1) is 12.5. The summed E-state index contributed by atoms with van der Waals surface area (Å²) < 4.78 is 2.33. The van der Waals surface area contributed by atoms with Gasteiger partial charge in [0.25, 0.3) is 0 Å². The molecular formula is C17H22N2. The molecule has 1 heterocycles. The molecule has 2 heteroatoms. The van der Waals surface area contributed by atoms with Gasteiger partial charge < -0.3 is 9.88 Å². The van der Waals surface area contributed by atoms with Crippen LogP contribution < -0.4 is 5.32 Å². The van der Waals surface area contributed by atoms with E-state index in [9.17, 15) is 0 Å². The second kappa shape index (κ2) is 5.22. The van der Waals surface area contributed by atoms with E-state index in [-0.39, 0.29) is 0 Å². The van der Waals surface area contributed by atoms with Crippen molar-refractivity contribution < 1.29 is 0 Å². The Labute approximate surface area is 115 Å². The molecule has 0 saturated carbocycles. The Morgan fingerprint density at radius 2 is 2.11 bits per heavy atom. The van der Waals surface area contributed by atoms with Crippen molar-refractivity contribution in [1.29, 1.82) is 0 Å². The van der Waals surface area contributed by atoms with Crippen molar-refractivity contribution in [2.75, 3.05) is 0 Å². The summed E-state index contributed by atoms with van der Waals surface area (Å²) in [6.07, 6.45) is 8.24. The molecule has 0 saturated heterocycles. The van der Waals surface area contributed by atoms with Crippen molar-refractivity contribution in [1.82, 2.24) is 9.88 Å². The van der Waals surface area contributed by atoms with E-state index in [1.807, 2.05) is 0 Å². The van der Waals surface area contributed by atoms with Gasteiger partial charge in [0, 0.05) is 36.2 Å². The third kappa shape index (κ3) is 2.33. The molecule has 2 nitrogen and oxygen atoms in total. The Kier molecular flexibility index (Phi) is 3.43. The van der Waals surface area contributed by atoms with Crippen molar-refractivity contribution >= 4 is 10.9 Å². The Morgan fingerprint density at radius 3 is 2.84 bits per heavy atom. The molecule has 0 aliphatic heterocycles. The topological polar surface area (TPSA) is 17.0 Å². The van der Waals surface area contributed by atoms with E-state index in [2.05, 4.69) is 60.3 Å². The van der Waals surface area contributed by atoms with Crippen molar-refractivity contribution in [3.05, 3.63) is 47.7 Å². The van der Waals surface area contributed by atoms with Crippen molar-refractivity contribution in [2.45, 2.75) is 38.8 Å². The highest BCUT2D eigenvalue weighted by Crippen LogP contribution is 2.24. The maximum absolute atomic E-state index is 3.71. The van der Waals surface area contributed by atoms with Crippen LogP contribution in [0.4, 0.5) is 0 Å². The van der Waals surface area contributed by atoms with Gasteiger partial charge in [-0.05, 0) is 37.8 Å². The van der Waals surface area contributed by atoms with Gasteiger partial charge in [0.2, 0.25) is 0 Å². The Hall–Kier alpha value is -1.54. The number of nitrogens with one attached hydrogen (secondary N) is 1. The molecule has 0 radical (unpaired) electrons. The van der Waals surface area contributed by atoms with Gasteiger partial charge in [0.05, 0.1) is 0 Å². The quantitative estimate of drug-likeness (QED) is 0.827. The van der Waals surface area contributed by atoms with Crippen LogP contribution in [0.25, 0.3) is 10.9 Å². The second-order valence-electron chi connectivity index (χ2n) is 5.51. The molecule has 1 unspecified atom stereocenters. The van der Waals surface area contributed by atoms with E-state index in [4.69, 9.17) is 0 Å². The molecule has 0 amide bonds. The first-order valence-electron chi connectivity index (χ1n) is 7.18. The monoisotopic (exact) mass is 254 g/mol. The smallest absolute Gasteiger partial charge is 0.0483 e. The van der Waals surface area contributed by atoms with Gasteiger partial charge in [-0.3, -0.25) is 0 Å². The number of fused-ring (bicyclic) bond motifs is 1. The zero-order valence-electron chi connectivity index (χ0n) is 11.8. The van der Waals surface area contributed by atoms with Crippen molar-refractivity contribution in [3.63, 3.8) is 0 Å². The number of benzene rings is 1. The van der Waals surface area contributed by atoms with Gasteiger partial charge in [-0.15, -0.1) is 0 Å². The van der Waals surface area contributed by atoms with Crippen LogP contribution in [0.3, 0.4) is 0 Å². The maximum atomic E-state index is 3.71. The van der Waals surface area contributed by atoms with Gasteiger partial charge in [-0.2, -0.15) is 0 Å². The summed E-state index contributed by atoms with van der Waals surface area (Å²) in [5.41, 5.74) is 4.16. The predicted octanol–water partition coefficient (Wildman–Crippen LogP) is 3.69. The van der Waals surface area contributed by atoms with Crippen LogP contribution in [-0.4, -0.2) is 10.6 Å². The lowest BCUT2D eigenvalue weighted by atomic mass is 10.0. The molecule has 2 aromatic rings. The molecule has 1 aromatic heterocycles. The Bertz CT molecular complexity index is 568. The number of rotatable bonds is 3. The SMILES string of the molecule is Cc1c(CNC2CC=CCC2)n(C)c2ccccc12. The van der Waals surface area contributed by atoms with Gasteiger partial charge in [0.15, 0.2) is 0 Å². The largest absolute Gasteiger partial charge is 0.346 e. The fraction of sp³-hybridized carbons (Fsp3) is 0.412. The maximum Gasteiger partial charge on any atom is 0.0483 e. The number of nitrogens with zero attached hydrogens (tertiary/aromatic N) is 1. The third-order valence-electron chi connectivity index (χ3n) is 4.33. The minimum Gasteiger partial charge on any atom is -0.346 e. The number of hydrogen-bond acceptors (Lipinski definition) is 1. The van der Waals surface area contributed by atoms with E-state index < -0.39 is 0 Å². The summed E-state index contributed by atoms with van der Waals surface area (Å²) in [4.78, 5) is 0. The third-order valence-corrected chi connectivity index (χ3v) is 4.33. The summed E-state index contributed by atoms with van der Waals surface area (Å²) in [6, 6.07) is 9.30. The Balaban J connectivity index is 1.82. The standard InChI is InChI=1S/C17H22N2/c1-13-15-10-6-7-11-16(15)19(2)17(13)12-18-14-8-4-3-5-9-14/h3-4,6-7,10-11,14,18H,5,8-9,12H2,1-2H3. The summed E-state index contributed by atoms with van der Waals surface area (Å²) in [7, 11) is 2.17. The zero-order chi connectivity index (χ0) is 13.2. The number of hydrogen-bond donors (Lipinski definition) is 1. The number of aromatic nitrogens is 1. The Morgan fingerprint density at radius 1 is 1.26 bits per heavy atom. The van der Waals surface area contributed by atoms with Crippen LogP contribution in [0.5, 0.6) is 0 Å². The average molecular weight is 254 g/mol. The highest BCUT2D eigenvalue weighted by Gasteiger charge is 2.13. The molecule has 3 rings (SSSR count). The summed E-state index contributed by atoms with van der Waals surface area (Å²) in [5.74, 6) is 0.